The van der Waals surface area contributed by atoms with Crippen molar-refractivity contribution in [3.63, 3.8) is 0 Å². The largest absolute Gasteiger partial charge is 0.373 e. The minimum atomic E-state index is -2.03. The lowest BCUT2D eigenvalue weighted by Gasteiger charge is -2.59. The Bertz CT molecular complexity index is 371. The molecule has 0 aliphatic rings. The first-order chi connectivity index (χ1) is 11.5. The van der Waals surface area contributed by atoms with Crippen LogP contribution in [0.5, 0.6) is 0 Å². The van der Waals surface area contributed by atoms with Crippen molar-refractivity contribution in [3.05, 3.63) is 0 Å². The first kappa shape index (κ1) is 24.8. The molecule has 0 aromatic heterocycles. The van der Waals surface area contributed by atoms with Crippen LogP contribution in [0.15, 0.2) is 0 Å². The van der Waals surface area contributed by atoms with E-state index >= 15 is 0 Å². The zero-order valence-corrected chi connectivity index (χ0v) is 17.6. The molecule has 2 unspecified atom stereocenters. The molecule has 0 rings (SSSR count). The van der Waals surface area contributed by atoms with Gasteiger partial charge in [-0.2, -0.15) is 0 Å². The first-order valence-electron chi connectivity index (χ1n) is 9.43. The van der Waals surface area contributed by atoms with Crippen LogP contribution < -0.4 is 0 Å². The number of aliphatic hydroxyl groups is 2. The van der Waals surface area contributed by atoms with Crippen LogP contribution in [0.2, 0.25) is 0 Å². The minimum absolute atomic E-state index is 0.362. The third-order valence-electron chi connectivity index (χ3n) is 5.35. The molecule has 6 nitrogen and oxygen atoms in total. The van der Waals surface area contributed by atoms with Crippen LogP contribution in [0.25, 0.3) is 0 Å². The molecule has 0 aliphatic carbocycles. The van der Waals surface area contributed by atoms with Gasteiger partial charge in [0.2, 0.25) is 5.79 Å². The Morgan fingerprint density at radius 3 is 1.44 bits per heavy atom. The van der Waals surface area contributed by atoms with E-state index in [-0.39, 0.29) is 0 Å². The Morgan fingerprint density at radius 2 is 1.16 bits per heavy atom. The van der Waals surface area contributed by atoms with Gasteiger partial charge in [0, 0.05) is 26.4 Å². The van der Waals surface area contributed by atoms with Crippen LogP contribution in [0.1, 0.15) is 68.7 Å². The second-order valence-electron chi connectivity index (χ2n) is 7.00. The van der Waals surface area contributed by atoms with E-state index in [9.17, 15) is 10.2 Å². The third kappa shape index (κ3) is 4.54. The summed E-state index contributed by atoms with van der Waals surface area (Å²) >= 11 is 0. The number of ether oxygens (including phenoxy) is 4. The van der Waals surface area contributed by atoms with E-state index in [0.717, 1.165) is 0 Å². The van der Waals surface area contributed by atoms with E-state index in [1.165, 1.54) is 6.92 Å². The average Bonchev–Trinajstić information content (AvgIpc) is 2.51. The van der Waals surface area contributed by atoms with Crippen molar-refractivity contribution in [2.24, 2.45) is 5.41 Å². The molecule has 0 amide bonds. The van der Waals surface area contributed by atoms with Crippen molar-refractivity contribution >= 4 is 0 Å². The minimum Gasteiger partial charge on any atom is -0.373 e. The van der Waals surface area contributed by atoms with Crippen molar-refractivity contribution < 1.29 is 29.2 Å². The van der Waals surface area contributed by atoms with Crippen molar-refractivity contribution in [2.75, 3.05) is 26.4 Å². The van der Waals surface area contributed by atoms with E-state index in [1.54, 1.807) is 13.8 Å². The smallest absolute Gasteiger partial charge is 0.225 e. The Hall–Kier alpha value is -0.240. The Labute approximate surface area is 153 Å². The topological polar surface area (TPSA) is 77.4 Å². The lowest BCUT2D eigenvalue weighted by Crippen LogP contribution is -2.73. The van der Waals surface area contributed by atoms with Gasteiger partial charge >= 0.3 is 0 Å². The fraction of sp³-hybridized carbons (Fsp3) is 1.00. The summed E-state index contributed by atoms with van der Waals surface area (Å²) in [7, 11) is 0. The van der Waals surface area contributed by atoms with Gasteiger partial charge in [-0.05, 0) is 48.0 Å². The number of hydrogen-bond acceptors (Lipinski definition) is 6. The van der Waals surface area contributed by atoms with Crippen LogP contribution in [-0.2, 0) is 18.9 Å². The Kier molecular flexibility index (Phi) is 9.53. The molecule has 0 aromatic rings. The molecule has 152 valence electrons. The molecule has 0 aromatic carbocycles. The predicted molar refractivity (Wildman–Crippen MR) is 98.3 cm³/mol. The quantitative estimate of drug-likeness (QED) is 0.489. The van der Waals surface area contributed by atoms with Crippen LogP contribution in [0, 0.1) is 5.41 Å². The molecule has 0 fully saturated rings. The Balaban J connectivity index is 6.63. The van der Waals surface area contributed by atoms with Crippen molar-refractivity contribution in [1.82, 2.24) is 0 Å². The zero-order chi connectivity index (χ0) is 19.9. The van der Waals surface area contributed by atoms with Crippen LogP contribution in [0.4, 0.5) is 0 Å². The predicted octanol–water partition coefficient (Wildman–Crippen LogP) is 3.09. The van der Waals surface area contributed by atoms with E-state index in [0.29, 0.717) is 32.8 Å². The van der Waals surface area contributed by atoms with Crippen LogP contribution in [0.3, 0.4) is 0 Å². The summed E-state index contributed by atoms with van der Waals surface area (Å²) in [5, 5.41) is 21.0. The number of rotatable bonds is 13. The van der Waals surface area contributed by atoms with E-state index in [4.69, 9.17) is 18.9 Å². The molecule has 0 heterocycles. The van der Waals surface area contributed by atoms with Gasteiger partial charge in [-0.25, -0.2) is 0 Å². The second kappa shape index (κ2) is 9.62. The summed E-state index contributed by atoms with van der Waals surface area (Å²) in [6.45, 7) is 17.8. The SMILES string of the molecule is CCOC(CC)C(OCC)(OCC)C(C)(OCC)C(C)(C)C(C)(O)O. The molecule has 6 heteroatoms. The molecule has 0 bridgehead atoms. The molecule has 2 N–H and O–H groups in total. The summed E-state index contributed by atoms with van der Waals surface area (Å²) in [5.41, 5.74) is -2.33. The van der Waals surface area contributed by atoms with Crippen LogP contribution >= 0.6 is 0 Å². The lowest BCUT2D eigenvalue weighted by atomic mass is 9.64. The first-order valence-corrected chi connectivity index (χ1v) is 9.43. The zero-order valence-electron chi connectivity index (χ0n) is 17.6. The van der Waals surface area contributed by atoms with Gasteiger partial charge in [-0.1, -0.05) is 20.8 Å². The molecule has 0 radical (unpaired) electrons. The molecule has 0 spiro atoms. The molecule has 0 saturated carbocycles. The van der Waals surface area contributed by atoms with Gasteiger partial charge in [-0.15, -0.1) is 0 Å². The number of hydrogen-bond donors (Lipinski definition) is 2. The highest BCUT2D eigenvalue weighted by molar-refractivity contribution is 5.10. The summed E-state index contributed by atoms with van der Waals surface area (Å²) in [6.07, 6.45) is 0.191. The summed E-state index contributed by atoms with van der Waals surface area (Å²) in [5.74, 6) is -3.33. The highest BCUT2D eigenvalue weighted by Crippen LogP contribution is 2.52. The standard InChI is InChI=1S/C19H40O6/c1-10-15(22-11-2)19(24-13-4,25-14-5)17(8,23-12-3)16(6,7)18(9,20)21/h15,20-21H,10-14H2,1-9H3. The van der Waals surface area contributed by atoms with Crippen molar-refractivity contribution in [3.8, 4) is 0 Å². The molecular weight excluding hydrogens is 324 g/mol. The van der Waals surface area contributed by atoms with Gasteiger partial charge in [0.1, 0.15) is 11.7 Å². The van der Waals surface area contributed by atoms with E-state index in [1.807, 2.05) is 41.5 Å². The van der Waals surface area contributed by atoms with Gasteiger partial charge in [0.05, 0.1) is 5.41 Å². The highest BCUT2D eigenvalue weighted by atomic mass is 16.7. The molecule has 25 heavy (non-hydrogen) atoms. The monoisotopic (exact) mass is 364 g/mol. The van der Waals surface area contributed by atoms with E-state index < -0.39 is 28.7 Å². The van der Waals surface area contributed by atoms with Gasteiger partial charge < -0.3 is 29.2 Å². The average molecular weight is 365 g/mol. The highest BCUT2D eigenvalue weighted by Gasteiger charge is 2.67. The lowest BCUT2D eigenvalue weighted by molar-refractivity contribution is -0.411. The summed E-state index contributed by atoms with van der Waals surface area (Å²) < 4.78 is 24.5. The molecule has 2 atom stereocenters. The third-order valence-corrected chi connectivity index (χ3v) is 5.35. The van der Waals surface area contributed by atoms with E-state index in [2.05, 4.69) is 0 Å². The fourth-order valence-corrected chi connectivity index (χ4v) is 3.39. The van der Waals surface area contributed by atoms with Crippen molar-refractivity contribution in [1.29, 1.82) is 0 Å². The molecular formula is C19H40O6. The molecule has 0 aliphatic heterocycles. The van der Waals surface area contributed by atoms with Crippen LogP contribution in [-0.4, -0.2) is 59.9 Å². The van der Waals surface area contributed by atoms with Crippen molar-refractivity contribution in [2.45, 2.75) is 92.0 Å². The summed E-state index contributed by atoms with van der Waals surface area (Å²) in [4.78, 5) is 0. The molecule has 0 saturated heterocycles. The maximum Gasteiger partial charge on any atom is 0.225 e. The second-order valence-corrected chi connectivity index (χ2v) is 7.00. The van der Waals surface area contributed by atoms with Gasteiger partial charge in [0.25, 0.3) is 0 Å². The van der Waals surface area contributed by atoms with Gasteiger partial charge in [0.15, 0.2) is 5.79 Å². The van der Waals surface area contributed by atoms with Gasteiger partial charge in [-0.3, -0.25) is 0 Å². The Morgan fingerprint density at radius 1 is 0.720 bits per heavy atom. The maximum atomic E-state index is 10.5. The summed E-state index contributed by atoms with van der Waals surface area (Å²) in [6, 6.07) is 0. The maximum absolute atomic E-state index is 10.5. The normalized spacial score (nSPS) is 17.4. The fourth-order valence-electron chi connectivity index (χ4n) is 3.39.